The molecule has 2 rings (SSSR count). The third kappa shape index (κ3) is 3.41. The van der Waals surface area contributed by atoms with Crippen molar-refractivity contribution in [1.29, 1.82) is 0 Å². The number of halogens is 2. The molecule has 1 heterocycles. The molecule has 0 aliphatic rings. The average molecular weight is 298 g/mol. The number of benzene rings is 1. The van der Waals surface area contributed by atoms with Gasteiger partial charge in [0.1, 0.15) is 17.3 Å². The number of aryl methyl sites for hydroxylation is 1. The molecule has 0 fully saturated rings. The lowest BCUT2D eigenvalue weighted by atomic mass is 10.2. The van der Waals surface area contributed by atoms with E-state index in [4.69, 9.17) is 4.42 Å². The van der Waals surface area contributed by atoms with E-state index in [2.05, 4.69) is 21.2 Å². The Morgan fingerprint density at radius 2 is 2.06 bits per heavy atom. The quantitative estimate of drug-likeness (QED) is 0.929. The SMILES string of the molecule is Cc1ccc(CNCc2ccc(F)cc2Br)o1. The Balaban J connectivity index is 1.90. The van der Waals surface area contributed by atoms with Crippen molar-refractivity contribution >= 4 is 15.9 Å². The molecule has 90 valence electrons. The second-order valence-corrected chi connectivity index (χ2v) is 4.71. The highest BCUT2D eigenvalue weighted by molar-refractivity contribution is 9.10. The maximum Gasteiger partial charge on any atom is 0.124 e. The summed E-state index contributed by atoms with van der Waals surface area (Å²) in [6, 6.07) is 8.57. The molecule has 0 unspecified atom stereocenters. The van der Waals surface area contributed by atoms with Gasteiger partial charge in [-0.3, -0.25) is 0 Å². The monoisotopic (exact) mass is 297 g/mol. The molecule has 0 saturated heterocycles. The summed E-state index contributed by atoms with van der Waals surface area (Å²) in [7, 11) is 0. The standard InChI is InChI=1S/C13H13BrFNO/c1-9-2-5-12(17-9)8-16-7-10-3-4-11(15)6-13(10)14/h2-6,16H,7-8H2,1H3. The van der Waals surface area contributed by atoms with Crippen molar-refractivity contribution < 1.29 is 8.81 Å². The van der Waals surface area contributed by atoms with Crippen LogP contribution in [0.1, 0.15) is 17.1 Å². The second-order valence-electron chi connectivity index (χ2n) is 3.85. The summed E-state index contributed by atoms with van der Waals surface area (Å²) in [5, 5.41) is 3.25. The summed E-state index contributed by atoms with van der Waals surface area (Å²) in [6.07, 6.45) is 0. The van der Waals surface area contributed by atoms with Gasteiger partial charge in [-0.15, -0.1) is 0 Å². The molecule has 1 aromatic heterocycles. The zero-order valence-electron chi connectivity index (χ0n) is 9.47. The highest BCUT2D eigenvalue weighted by atomic mass is 79.9. The van der Waals surface area contributed by atoms with Gasteiger partial charge in [-0.2, -0.15) is 0 Å². The third-order valence-corrected chi connectivity index (χ3v) is 3.16. The van der Waals surface area contributed by atoms with Crippen molar-refractivity contribution in [1.82, 2.24) is 5.32 Å². The van der Waals surface area contributed by atoms with Crippen molar-refractivity contribution in [2.45, 2.75) is 20.0 Å². The highest BCUT2D eigenvalue weighted by Crippen LogP contribution is 2.18. The fraction of sp³-hybridized carbons (Fsp3) is 0.231. The molecule has 4 heteroatoms. The molecule has 2 nitrogen and oxygen atoms in total. The van der Waals surface area contributed by atoms with Crippen LogP contribution in [-0.2, 0) is 13.1 Å². The van der Waals surface area contributed by atoms with Crippen LogP contribution in [0, 0.1) is 12.7 Å². The van der Waals surface area contributed by atoms with Gasteiger partial charge in [-0.25, -0.2) is 4.39 Å². The largest absolute Gasteiger partial charge is 0.465 e. The van der Waals surface area contributed by atoms with Crippen LogP contribution in [0.5, 0.6) is 0 Å². The van der Waals surface area contributed by atoms with E-state index in [9.17, 15) is 4.39 Å². The number of rotatable bonds is 4. The molecule has 1 N–H and O–H groups in total. The molecule has 0 saturated carbocycles. The molecule has 0 aliphatic heterocycles. The van der Waals surface area contributed by atoms with E-state index >= 15 is 0 Å². The van der Waals surface area contributed by atoms with E-state index < -0.39 is 0 Å². The molecule has 1 aromatic carbocycles. The Hall–Kier alpha value is -1.13. The molecule has 17 heavy (non-hydrogen) atoms. The first-order valence-corrected chi connectivity index (χ1v) is 6.14. The van der Waals surface area contributed by atoms with Gasteiger partial charge < -0.3 is 9.73 Å². The molecule has 0 amide bonds. The second kappa shape index (κ2) is 5.47. The molecule has 0 atom stereocenters. The summed E-state index contributed by atoms with van der Waals surface area (Å²) in [4.78, 5) is 0. The first-order valence-electron chi connectivity index (χ1n) is 5.35. The zero-order chi connectivity index (χ0) is 12.3. The van der Waals surface area contributed by atoms with Crippen LogP contribution in [-0.4, -0.2) is 0 Å². The van der Waals surface area contributed by atoms with Crippen molar-refractivity contribution in [2.75, 3.05) is 0 Å². The summed E-state index contributed by atoms with van der Waals surface area (Å²) in [5.41, 5.74) is 1.02. The summed E-state index contributed by atoms with van der Waals surface area (Å²) < 4.78 is 19.1. The van der Waals surface area contributed by atoms with Crippen LogP contribution in [0.2, 0.25) is 0 Å². The highest BCUT2D eigenvalue weighted by Gasteiger charge is 2.02. The summed E-state index contributed by atoms with van der Waals surface area (Å²) >= 11 is 3.33. The predicted molar refractivity (Wildman–Crippen MR) is 68.1 cm³/mol. The minimum Gasteiger partial charge on any atom is -0.465 e. The van der Waals surface area contributed by atoms with Gasteiger partial charge in [0.25, 0.3) is 0 Å². The maximum atomic E-state index is 12.9. The smallest absolute Gasteiger partial charge is 0.124 e. The lowest BCUT2D eigenvalue weighted by Crippen LogP contribution is -2.12. The maximum absolute atomic E-state index is 12.9. The van der Waals surface area contributed by atoms with Crippen LogP contribution in [0.4, 0.5) is 4.39 Å². The minimum atomic E-state index is -0.234. The van der Waals surface area contributed by atoms with Crippen molar-refractivity contribution in [3.63, 3.8) is 0 Å². The Labute approximate surface area is 108 Å². The van der Waals surface area contributed by atoms with E-state index in [0.717, 1.165) is 21.6 Å². The van der Waals surface area contributed by atoms with Gasteiger partial charge in [0.2, 0.25) is 0 Å². The Bertz CT molecular complexity index is 510. The number of hydrogen-bond acceptors (Lipinski definition) is 2. The van der Waals surface area contributed by atoms with E-state index in [1.165, 1.54) is 12.1 Å². The first kappa shape index (κ1) is 12.3. The van der Waals surface area contributed by atoms with Crippen LogP contribution in [0.3, 0.4) is 0 Å². The minimum absolute atomic E-state index is 0.234. The Kier molecular flexibility index (Phi) is 3.97. The molecular weight excluding hydrogens is 285 g/mol. The predicted octanol–water partition coefficient (Wildman–Crippen LogP) is 3.78. The average Bonchev–Trinajstić information content (AvgIpc) is 2.68. The molecule has 0 spiro atoms. The Morgan fingerprint density at radius 1 is 1.24 bits per heavy atom. The topological polar surface area (TPSA) is 25.2 Å². The lowest BCUT2D eigenvalue weighted by molar-refractivity contribution is 0.461. The van der Waals surface area contributed by atoms with Crippen LogP contribution < -0.4 is 5.32 Å². The van der Waals surface area contributed by atoms with E-state index in [0.29, 0.717) is 13.1 Å². The van der Waals surface area contributed by atoms with Gasteiger partial charge in [0, 0.05) is 11.0 Å². The fourth-order valence-electron chi connectivity index (χ4n) is 1.57. The van der Waals surface area contributed by atoms with Gasteiger partial charge in [-0.05, 0) is 36.8 Å². The lowest BCUT2D eigenvalue weighted by Gasteiger charge is -2.05. The molecule has 0 aliphatic carbocycles. The number of hydrogen-bond donors (Lipinski definition) is 1. The number of nitrogens with one attached hydrogen (secondary N) is 1. The molecule has 0 bridgehead atoms. The van der Waals surface area contributed by atoms with Crippen LogP contribution in [0.15, 0.2) is 39.2 Å². The van der Waals surface area contributed by atoms with E-state index in [1.54, 1.807) is 6.07 Å². The molecular formula is C13H13BrFNO. The van der Waals surface area contributed by atoms with Crippen molar-refractivity contribution in [3.05, 3.63) is 57.7 Å². The van der Waals surface area contributed by atoms with Crippen molar-refractivity contribution in [2.24, 2.45) is 0 Å². The normalized spacial score (nSPS) is 10.8. The summed E-state index contributed by atoms with van der Waals surface area (Å²) in [6.45, 7) is 3.25. The number of furan rings is 1. The van der Waals surface area contributed by atoms with Gasteiger partial charge in [0.15, 0.2) is 0 Å². The van der Waals surface area contributed by atoms with Crippen LogP contribution >= 0.6 is 15.9 Å². The molecule has 2 aromatic rings. The van der Waals surface area contributed by atoms with Gasteiger partial charge in [0.05, 0.1) is 6.54 Å². The Morgan fingerprint density at radius 3 is 2.71 bits per heavy atom. The molecule has 0 radical (unpaired) electrons. The van der Waals surface area contributed by atoms with Gasteiger partial charge >= 0.3 is 0 Å². The third-order valence-electron chi connectivity index (χ3n) is 2.43. The fourth-order valence-corrected chi connectivity index (χ4v) is 2.06. The van der Waals surface area contributed by atoms with Crippen LogP contribution in [0.25, 0.3) is 0 Å². The van der Waals surface area contributed by atoms with E-state index in [-0.39, 0.29) is 5.82 Å². The zero-order valence-corrected chi connectivity index (χ0v) is 11.1. The van der Waals surface area contributed by atoms with Gasteiger partial charge in [-0.1, -0.05) is 22.0 Å². The van der Waals surface area contributed by atoms with Crippen molar-refractivity contribution in [3.8, 4) is 0 Å². The summed E-state index contributed by atoms with van der Waals surface area (Å²) in [5.74, 6) is 1.58. The van der Waals surface area contributed by atoms with E-state index in [1.807, 2.05) is 19.1 Å². The first-order chi connectivity index (χ1) is 8.15.